The Kier molecular flexibility index (Phi) is 1.45. The van der Waals surface area contributed by atoms with Gasteiger partial charge in [0.15, 0.2) is 0 Å². The van der Waals surface area contributed by atoms with Crippen LogP contribution in [0.5, 0.6) is 0 Å². The van der Waals surface area contributed by atoms with Crippen LogP contribution in [0, 0.1) is 11.3 Å². The van der Waals surface area contributed by atoms with Crippen LogP contribution >= 0.6 is 11.6 Å². The highest BCUT2D eigenvalue weighted by atomic mass is 35.5. The van der Waals surface area contributed by atoms with Gasteiger partial charge in [0, 0.05) is 0 Å². The number of hydrogen-bond donors (Lipinski definition) is 0. The molecule has 0 bridgehead atoms. The van der Waals surface area contributed by atoms with E-state index in [0.717, 1.165) is 0 Å². The molecule has 58 valence electrons. The lowest BCUT2D eigenvalue weighted by Gasteiger charge is -1.95. The van der Waals surface area contributed by atoms with Crippen LogP contribution in [0.2, 0.25) is 5.02 Å². The Morgan fingerprint density at radius 1 is 1.50 bits per heavy atom. The second-order valence-corrected chi connectivity index (χ2v) is 2.59. The largest absolute Gasteiger partial charge is 0.242 e. The third-order valence-corrected chi connectivity index (χ3v) is 1.91. The molecule has 0 atom stereocenters. The summed E-state index contributed by atoms with van der Waals surface area (Å²) in [7, 11) is 0. The zero-order valence-electron chi connectivity index (χ0n) is 5.90. The van der Waals surface area contributed by atoms with E-state index in [1.54, 1.807) is 6.20 Å². The summed E-state index contributed by atoms with van der Waals surface area (Å²) in [6, 6.07) is 1.94. The van der Waals surface area contributed by atoms with Gasteiger partial charge in [0.1, 0.15) is 17.9 Å². The van der Waals surface area contributed by atoms with Crippen molar-refractivity contribution in [1.82, 2.24) is 14.6 Å². The van der Waals surface area contributed by atoms with E-state index < -0.39 is 0 Å². The molecule has 0 saturated heterocycles. The molecule has 0 spiro atoms. The maximum absolute atomic E-state index is 8.61. The highest BCUT2D eigenvalue weighted by molar-refractivity contribution is 6.34. The molecule has 0 aliphatic carbocycles. The van der Waals surface area contributed by atoms with Crippen molar-refractivity contribution in [3.8, 4) is 6.07 Å². The number of nitrogens with zero attached hydrogens (tertiary/aromatic N) is 4. The highest BCUT2D eigenvalue weighted by Gasteiger charge is 2.05. The molecule has 0 fully saturated rings. The fourth-order valence-corrected chi connectivity index (χ4v) is 1.16. The van der Waals surface area contributed by atoms with Crippen molar-refractivity contribution < 1.29 is 0 Å². The number of nitriles is 1. The van der Waals surface area contributed by atoms with Crippen LogP contribution in [0.4, 0.5) is 0 Å². The zero-order valence-corrected chi connectivity index (χ0v) is 6.65. The van der Waals surface area contributed by atoms with Gasteiger partial charge >= 0.3 is 0 Å². The second-order valence-electron chi connectivity index (χ2n) is 2.21. The smallest absolute Gasteiger partial charge is 0.117 e. The minimum Gasteiger partial charge on any atom is -0.242 e. The van der Waals surface area contributed by atoms with Crippen molar-refractivity contribution in [2.24, 2.45) is 0 Å². The molecule has 0 saturated carbocycles. The predicted octanol–water partition coefficient (Wildman–Crippen LogP) is 1.25. The van der Waals surface area contributed by atoms with Crippen LogP contribution in [0.15, 0.2) is 18.7 Å². The summed E-state index contributed by atoms with van der Waals surface area (Å²) >= 11 is 5.86. The summed E-state index contributed by atoms with van der Waals surface area (Å²) in [5, 5.41) is 12.9. The summed E-state index contributed by atoms with van der Waals surface area (Å²) in [6.45, 7) is 0. The first-order valence-corrected chi connectivity index (χ1v) is 3.57. The number of imidazole rings is 1. The van der Waals surface area contributed by atoms with Gasteiger partial charge in [-0.1, -0.05) is 11.6 Å². The Hall–Kier alpha value is -1.60. The minimum atomic E-state index is 0.365. The van der Waals surface area contributed by atoms with Crippen molar-refractivity contribution in [1.29, 1.82) is 5.26 Å². The van der Waals surface area contributed by atoms with Crippen molar-refractivity contribution in [2.75, 3.05) is 0 Å². The van der Waals surface area contributed by atoms with Crippen molar-refractivity contribution >= 4 is 17.1 Å². The number of rotatable bonds is 0. The van der Waals surface area contributed by atoms with E-state index in [1.807, 2.05) is 6.07 Å². The normalized spacial score (nSPS) is 10.0. The number of halogens is 1. The third kappa shape index (κ3) is 0.840. The average molecular weight is 179 g/mol. The topological polar surface area (TPSA) is 54.0 Å². The van der Waals surface area contributed by atoms with E-state index in [9.17, 15) is 0 Å². The second kappa shape index (κ2) is 2.47. The summed E-state index contributed by atoms with van der Waals surface area (Å²) in [6.07, 6.45) is 4.51. The standard InChI is InChI=1S/C7H3ClN4/c8-7-5(1-9)2-11-12-4-10-3-6(7)12/h2-4H. The lowest BCUT2D eigenvalue weighted by atomic mass is 10.3. The van der Waals surface area contributed by atoms with Gasteiger partial charge < -0.3 is 0 Å². The molecule has 12 heavy (non-hydrogen) atoms. The first kappa shape index (κ1) is 7.07. The van der Waals surface area contributed by atoms with E-state index >= 15 is 0 Å². The molecular weight excluding hydrogens is 176 g/mol. The monoisotopic (exact) mass is 178 g/mol. The Morgan fingerprint density at radius 2 is 2.33 bits per heavy atom. The summed E-state index contributed by atoms with van der Waals surface area (Å²) in [5.41, 5.74) is 1.01. The molecule has 0 aliphatic heterocycles. The van der Waals surface area contributed by atoms with Gasteiger partial charge in [-0.05, 0) is 0 Å². The summed E-state index contributed by atoms with van der Waals surface area (Å²) < 4.78 is 1.52. The maximum atomic E-state index is 8.61. The Balaban J connectivity index is 2.89. The molecule has 0 N–H and O–H groups in total. The van der Waals surface area contributed by atoms with Crippen LogP contribution in [0.25, 0.3) is 5.52 Å². The van der Waals surface area contributed by atoms with Gasteiger partial charge in [-0.2, -0.15) is 10.4 Å². The maximum Gasteiger partial charge on any atom is 0.117 e. The Morgan fingerprint density at radius 3 is 3.08 bits per heavy atom. The number of hydrogen-bond acceptors (Lipinski definition) is 3. The SMILES string of the molecule is N#Cc1cnn2cncc2c1Cl. The van der Waals surface area contributed by atoms with Gasteiger partial charge in [-0.25, -0.2) is 9.50 Å². The van der Waals surface area contributed by atoms with Crippen LogP contribution in [-0.2, 0) is 0 Å². The van der Waals surface area contributed by atoms with Crippen molar-refractivity contribution in [3.63, 3.8) is 0 Å². The summed E-state index contributed by atoms with van der Waals surface area (Å²) in [4.78, 5) is 3.84. The van der Waals surface area contributed by atoms with Gasteiger partial charge in [-0.3, -0.25) is 0 Å². The predicted molar refractivity (Wildman–Crippen MR) is 42.7 cm³/mol. The molecule has 5 heteroatoms. The summed E-state index contributed by atoms with van der Waals surface area (Å²) in [5.74, 6) is 0. The van der Waals surface area contributed by atoms with E-state index in [1.165, 1.54) is 17.0 Å². The molecule has 0 aromatic carbocycles. The van der Waals surface area contributed by atoms with Gasteiger partial charge in [0.05, 0.1) is 23.0 Å². The third-order valence-electron chi connectivity index (χ3n) is 1.51. The Bertz CT molecular complexity index is 468. The molecule has 0 aliphatic rings. The highest BCUT2D eigenvalue weighted by Crippen LogP contribution is 2.19. The first-order chi connectivity index (χ1) is 5.83. The average Bonchev–Trinajstić information content (AvgIpc) is 2.53. The van der Waals surface area contributed by atoms with E-state index in [-0.39, 0.29) is 0 Å². The number of fused-ring (bicyclic) bond motifs is 1. The molecule has 0 radical (unpaired) electrons. The lowest BCUT2D eigenvalue weighted by Crippen LogP contribution is -1.91. The molecule has 2 rings (SSSR count). The molecule has 0 amide bonds. The lowest BCUT2D eigenvalue weighted by molar-refractivity contribution is 0.923. The molecular formula is C7H3ClN4. The van der Waals surface area contributed by atoms with Crippen molar-refractivity contribution in [2.45, 2.75) is 0 Å². The number of aromatic nitrogens is 3. The fraction of sp³-hybridized carbons (Fsp3) is 0. The zero-order chi connectivity index (χ0) is 8.55. The molecule has 4 nitrogen and oxygen atoms in total. The molecule has 2 aromatic heterocycles. The van der Waals surface area contributed by atoms with E-state index in [2.05, 4.69) is 10.1 Å². The fourth-order valence-electron chi connectivity index (χ4n) is 0.930. The molecule has 2 aromatic rings. The first-order valence-electron chi connectivity index (χ1n) is 3.20. The molecule has 2 heterocycles. The molecule has 0 unspecified atom stereocenters. The van der Waals surface area contributed by atoms with Crippen LogP contribution in [-0.4, -0.2) is 14.6 Å². The Labute approximate surface area is 73.0 Å². The van der Waals surface area contributed by atoms with Crippen molar-refractivity contribution in [3.05, 3.63) is 29.3 Å². The minimum absolute atomic E-state index is 0.365. The quantitative estimate of drug-likeness (QED) is 0.610. The van der Waals surface area contributed by atoms with Crippen LogP contribution in [0.3, 0.4) is 0 Å². The van der Waals surface area contributed by atoms with E-state index in [4.69, 9.17) is 16.9 Å². The van der Waals surface area contributed by atoms with Gasteiger partial charge in [0.25, 0.3) is 0 Å². The van der Waals surface area contributed by atoms with E-state index in [0.29, 0.717) is 16.1 Å². The van der Waals surface area contributed by atoms with Gasteiger partial charge in [0.2, 0.25) is 0 Å². The van der Waals surface area contributed by atoms with Crippen LogP contribution in [0.1, 0.15) is 5.56 Å². The van der Waals surface area contributed by atoms with Crippen LogP contribution < -0.4 is 0 Å². The van der Waals surface area contributed by atoms with Gasteiger partial charge in [-0.15, -0.1) is 0 Å².